The minimum atomic E-state index is -0.255. The van der Waals surface area contributed by atoms with Crippen molar-refractivity contribution in [2.75, 3.05) is 6.54 Å². The fourth-order valence-corrected chi connectivity index (χ4v) is 4.24. The first kappa shape index (κ1) is 15.5. The van der Waals surface area contributed by atoms with Gasteiger partial charge in [-0.1, -0.05) is 25.3 Å². The Balaban J connectivity index is 1.57. The molecule has 5 heteroatoms. The summed E-state index contributed by atoms with van der Waals surface area (Å²) in [7, 11) is 0. The Morgan fingerprint density at radius 1 is 1.18 bits per heavy atom. The van der Waals surface area contributed by atoms with Crippen LogP contribution in [-0.4, -0.2) is 35.3 Å². The van der Waals surface area contributed by atoms with Crippen LogP contribution in [0.5, 0.6) is 0 Å². The molecule has 2 aliphatic rings. The van der Waals surface area contributed by atoms with E-state index in [1.54, 1.807) is 16.2 Å². The molecule has 0 unspecified atom stereocenters. The molecular formula is C17H24N2O2S. The van der Waals surface area contributed by atoms with Gasteiger partial charge in [-0.2, -0.15) is 0 Å². The van der Waals surface area contributed by atoms with Gasteiger partial charge in [0.25, 0.3) is 0 Å². The van der Waals surface area contributed by atoms with Crippen LogP contribution >= 0.6 is 11.3 Å². The predicted octanol–water partition coefficient (Wildman–Crippen LogP) is 2.73. The molecular weight excluding hydrogens is 296 g/mol. The van der Waals surface area contributed by atoms with Crippen molar-refractivity contribution >= 4 is 23.2 Å². The van der Waals surface area contributed by atoms with Crippen molar-refractivity contribution in [1.29, 1.82) is 0 Å². The standard InChI is InChI=1S/C17H24N2O2S/c20-16(12-14-8-5-11-22-14)19-10-4-9-15(19)17(21)18-13-6-2-1-3-7-13/h5,8,11,13,15H,1-4,6-7,9-10,12H2,(H,18,21)/t15-/m1/s1. The summed E-state index contributed by atoms with van der Waals surface area (Å²) in [4.78, 5) is 27.9. The highest BCUT2D eigenvalue weighted by atomic mass is 32.1. The number of hydrogen-bond donors (Lipinski definition) is 1. The van der Waals surface area contributed by atoms with Gasteiger partial charge in [-0.05, 0) is 37.1 Å². The average molecular weight is 320 g/mol. The molecule has 1 aliphatic heterocycles. The van der Waals surface area contributed by atoms with Gasteiger partial charge in [-0.3, -0.25) is 9.59 Å². The Kier molecular flexibility index (Phi) is 5.13. The van der Waals surface area contributed by atoms with E-state index in [1.807, 2.05) is 17.5 Å². The third kappa shape index (κ3) is 3.69. The molecule has 1 N–H and O–H groups in total. The molecule has 0 spiro atoms. The molecule has 3 rings (SSSR count). The molecule has 0 bridgehead atoms. The predicted molar refractivity (Wildman–Crippen MR) is 87.8 cm³/mol. The highest BCUT2D eigenvalue weighted by Crippen LogP contribution is 2.22. The summed E-state index contributed by atoms with van der Waals surface area (Å²) in [6, 6.07) is 4.01. The zero-order chi connectivity index (χ0) is 15.4. The molecule has 22 heavy (non-hydrogen) atoms. The van der Waals surface area contributed by atoms with Crippen molar-refractivity contribution < 1.29 is 9.59 Å². The Labute approximate surface area is 135 Å². The third-order valence-electron chi connectivity index (χ3n) is 4.73. The van der Waals surface area contributed by atoms with E-state index in [9.17, 15) is 9.59 Å². The van der Waals surface area contributed by atoms with Gasteiger partial charge in [0.05, 0.1) is 6.42 Å². The normalized spacial score (nSPS) is 22.7. The molecule has 2 fully saturated rings. The topological polar surface area (TPSA) is 49.4 Å². The van der Waals surface area contributed by atoms with Gasteiger partial charge < -0.3 is 10.2 Å². The molecule has 2 heterocycles. The molecule has 0 aromatic carbocycles. The fourth-order valence-electron chi connectivity index (χ4n) is 3.55. The molecule has 1 saturated carbocycles. The van der Waals surface area contributed by atoms with Crippen molar-refractivity contribution in [2.24, 2.45) is 0 Å². The minimum Gasteiger partial charge on any atom is -0.352 e. The Hall–Kier alpha value is -1.36. The van der Waals surface area contributed by atoms with Crippen LogP contribution in [0.1, 0.15) is 49.8 Å². The maximum Gasteiger partial charge on any atom is 0.243 e. The molecule has 4 nitrogen and oxygen atoms in total. The van der Waals surface area contributed by atoms with Gasteiger partial charge >= 0.3 is 0 Å². The average Bonchev–Trinajstić information content (AvgIpc) is 3.19. The second-order valence-corrected chi connectivity index (χ2v) is 7.38. The number of carbonyl (C=O) groups excluding carboxylic acids is 2. The second kappa shape index (κ2) is 7.27. The Morgan fingerprint density at radius 2 is 2.00 bits per heavy atom. The van der Waals surface area contributed by atoms with Crippen molar-refractivity contribution in [3.63, 3.8) is 0 Å². The summed E-state index contributed by atoms with van der Waals surface area (Å²) >= 11 is 1.60. The van der Waals surface area contributed by atoms with Gasteiger partial charge in [0, 0.05) is 17.5 Å². The van der Waals surface area contributed by atoms with Crippen LogP contribution in [0.2, 0.25) is 0 Å². The fraction of sp³-hybridized carbons (Fsp3) is 0.647. The molecule has 2 amide bonds. The van der Waals surface area contributed by atoms with E-state index in [2.05, 4.69) is 5.32 Å². The van der Waals surface area contributed by atoms with E-state index in [-0.39, 0.29) is 17.9 Å². The highest BCUT2D eigenvalue weighted by molar-refractivity contribution is 7.10. The first-order chi connectivity index (χ1) is 10.7. The van der Waals surface area contributed by atoms with E-state index < -0.39 is 0 Å². The molecule has 120 valence electrons. The monoisotopic (exact) mass is 320 g/mol. The number of nitrogens with one attached hydrogen (secondary N) is 1. The van der Waals surface area contributed by atoms with E-state index >= 15 is 0 Å². The van der Waals surface area contributed by atoms with E-state index in [0.29, 0.717) is 19.0 Å². The number of likely N-dealkylation sites (tertiary alicyclic amines) is 1. The molecule has 1 atom stereocenters. The number of rotatable bonds is 4. The SMILES string of the molecule is O=C(NC1CCCCC1)[C@H]1CCCN1C(=O)Cc1cccs1. The van der Waals surface area contributed by atoms with Crippen LogP contribution in [0.15, 0.2) is 17.5 Å². The smallest absolute Gasteiger partial charge is 0.243 e. The van der Waals surface area contributed by atoms with Gasteiger partial charge in [0.15, 0.2) is 0 Å². The molecule has 1 saturated heterocycles. The Morgan fingerprint density at radius 3 is 2.73 bits per heavy atom. The number of carbonyl (C=O) groups is 2. The van der Waals surface area contributed by atoms with Crippen LogP contribution in [0.4, 0.5) is 0 Å². The van der Waals surface area contributed by atoms with Gasteiger partial charge in [0.1, 0.15) is 6.04 Å². The number of amides is 2. The van der Waals surface area contributed by atoms with Crippen LogP contribution < -0.4 is 5.32 Å². The lowest BCUT2D eigenvalue weighted by Gasteiger charge is -2.28. The van der Waals surface area contributed by atoms with Crippen LogP contribution in [-0.2, 0) is 16.0 Å². The second-order valence-electron chi connectivity index (χ2n) is 6.34. The van der Waals surface area contributed by atoms with Crippen molar-refractivity contribution in [2.45, 2.75) is 63.5 Å². The van der Waals surface area contributed by atoms with Crippen LogP contribution in [0.25, 0.3) is 0 Å². The summed E-state index contributed by atoms with van der Waals surface area (Å²) in [5.74, 6) is 0.146. The molecule has 1 aromatic rings. The lowest BCUT2D eigenvalue weighted by molar-refractivity contribution is -0.138. The summed E-state index contributed by atoms with van der Waals surface area (Å²) in [6.45, 7) is 0.715. The lowest BCUT2D eigenvalue weighted by Crippen LogP contribution is -2.49. The molecule has 1 aliphatic carbocycles. The number of hydrogen-bond acceptors (Lipinski definition) is 3. The number of nitrogens with zero attached hydrogens (tertiary/aromatic N) is 1. The van der Waals surface area contributed by atoms with Crippen LogP contribution in [0.3, 0.4) is 0 Å². The molecule has 1 aromatic heterocycles. The molecule has 0 radical (unpaired) electrons. The summed E-state index contributed by atoms with van der Waals surface area (Å²) in [5, 5.41) is 5.16. The van der Waals surface area contributed by atoms with Crippen LogP contribution in [0, 0.1) is 0 Å². The van der Waals surface area contributed by atoms with Crippen molar-refractivity contribution in [1.82, 2.24) is 10.2 Å². The lowest BCUT2D eigenvalue weighted by atomic mass is 9.95. The van der Waals surface area contributed by atoms with Gasteiger partial charge in [-0.25, -0.2) is 0 Å². The first-order valence-electron chi connectivity index (χ1n) is 8.36. The van der Waals surface area contributed by atoms with E-state index in [4.69, 9.17) is 0 Å². The largest absolute Gasteiger partial charge is 0.352 e. The summed E-state index contributed by atoms with van der Waals surface area (Å²) in [5.41, 5.74) is 0. The first-order valence-corrected chi connectivity index (χ1v) is 9.24. The van der Waals surface area contributed by atoms with E-state index in [1.165, 1.54) is 19.3 Å². The maximum atomic E-state index is 12.5. The number of thiophene rings is 1. The van der Waals surface area contributed by atoms with Crippen molar-refractivity contribution in [3.05, 3.63) is 22.4 Å². The van der Waals surface area contributed by atoms with Gasteiger partial charge in [-0.15, -0.1) is 11.3 Å². The van der Waals surface area contributed by atoms with Gasteiger partial charge in [0.2, 0.25) is 11.8 Å². The Bertz CT molecular complexity index is 509. The summed E-state index contributed by atoms with van der Waals surface area (Å²) < 4.78 is 0. The minimum absolute atomic E-state index is 0.0592. The summed E-state index contributed by atoms with van der Waals surface area (Å²) in [6.07, 6.45) is 8.01. The quantitative estimate of drug-likeness (QED) is 0.927. The zero-order valence-corrected chi connectivity index (χ0v) is 13.7. The van der Waals surface area contributed by atoms with E-state index in [0.717, 1.165) is 30.6 Å². The zero-order valence-electron chi connectivity index (χ0n) is 12.9. The highest BCUT2D eigenvalue weighted by Gasteiger charge is 2.34. The van der Waals surface area contributed by atoms with Crippen molar-refractivity contribution in [3.8, 4) is 0 Å². The third-order valence-corrected chi connectivity index (χ3v) is 5.61. The maximum absolute atomic E-state index is 12.5.